The highest BCUT2D eigenvalue weighted by Crippen LogP contribution is 2.24. The molecule has 0 saturated heterocycles. The summed E-state index contributed by atoms with van der Waals surface area (Å²) in [5, 5.41) is 3.37. The molecule has 3 rings (SSSR count). The van der Waals surface area contributed by atoms with Crippen molar-refractivity contribution in [2.45, 2.75) is 43.9 Å². The minimum Gasteiger partial charge on any atom is -0.326 e. The van der Waals surface area contributed by atoms with E-state index < -0.39 is 10.0 Å². The summed E-state index contributed by atoms with van der Waals surface area (Å²) in [5.41, 5.74) is 3.87. The van der Waals surface area contributed by atoms with Gasteiger partial charge in [0.15, 0.2) is 0 Å². The van der Waals surface area contributed by atoms with E-state index in [9.17, 15) is 13.2 Å². The maximum Gasteiger partial charge on any atom is 0.240 e. The number of hydrogen-bond donors (Lipinski definition) is 2. The Morgan fingerprint density at radius 1 is 1.07 bits per heavy atom. The van der Waals surface area contributed by atoms with Crippen LogP contribution < -0.4 is 10.0 Å². The Kier molecular flexibility index (Phi) is 6.19. The molecule has 0 aromatic heterocycles. The number of carbonyl (C=O) groups is 1. The summed E-state index contributed by atoms with van der Waals surface area (Å²) in [4.78, 5) is 12.3. The van der Waals surface area contributed by atoms with E-state index in [0.29, 0.717) is 10.7 Å². The molecule has 0 atom stereocenters. The van der Waals surface area contributed by atoms with Crippen LogP contribution in [0.4, 0.5) is 5.69 Å². The van der Waals surface area contributed by atoms with Gasteiger partial charge in [0.1, 0.15) is 0 Å². The molecule has 2 aromatic rings. The average Bonchev–Trinajstić information content (AvgIpc) is 2.63. The van der Waals surface area contributed by atoms with E-state index in [2.05, 4.69) is 10.0 Å². The van der Waals surface area contributed by atoms with Gasteiger partial charge in [0.2, 0.25) is 15.9 Å². The van der Waals surface area contributed by atoms with Crippen LogP contribution in [0.5, 0.6) is 0 Å². The second-order valence-electron chi connectivity index (χ2n) is 6.79. The summed E-state index contributed by atoms with van der Waals surface area (Å²) in [5.74, 6) is -0.256. The fourth-order valence-corrected chi connectivity index (χ4v) is 4.55. The van der Waals surface area contributed by atoms with Gasteiger partial charge >= 0.3 is 0 Å². The van der Waals surface area contributed by atoms with Crippen LogP contribution in [0.1, 0.15) is 36.0 Å². The molecule has 1 aliphatic rings. The molecule has 0 radical (unpaired) electrons. The molecular formula is C20H23ClN2O3S. The monoisotopic (exact) mass is 406 g/mol. The van der Waals surface area contributed by atoms with Crippen LogP contribution in [0.15, 0.2) is 41.3 Å². The molecule has 1 amide bonds. The van der Waals surface area contributed by atoms with E-state index in [1.54, 1.807) is 30.3 Å². The summed E-state index contributed by atoms with van der Waals surface area (Å²) in [6, 6.07) is 10.5. The normalized spacial score (nSPS) is 13.9. The summed E-state index contributed by atoms with van der Waals surface area (Å²) in [6.07, 6.45) is 4.22. The lowest BCUT2D eigenvalue weighted by Crippen LogP contribution is -2.28. The van der Waals surface area contributed by atoms with Crippen molar-refractivity contribution in [1.29, 1.82) is 0 Å². The highest BCUT2D eigenvalue weighted by molar-refractivity contribution is 7.89. The highest BCUT2D eigenvalue weighted by atomic mass is 35.5. The molecule has 0 heterocycles. The largest absolute Gasteiger partial charge is 0.326 e. The molecule has 2 aromatic carbocycles. The van der Waals surface area contributed by atoms with Crippen LogP contribution in [0.2, 0.25) is 5.02 Å². The molecule has 0 fully saturated rings. The van der Waals surface area contributed by atoms with Crippen molar-refractivity contribution in [3.63, 3.8) is 0 Å². The number of amides is 1. The summed E-state index contributed by atoms with van der Waals surface area (Å²) in [7, 11) is -3.62. The quantitative estimate of drug-likeness (QED) is 0.765. The first-order valence-electron chi connectivity index (χ1n) is 9.02. The van der Waals surface area contributed by atoms with E-state index in [1.807, 2.05) is 13.0 Å². The van der Waals surface area contributed by atoms with Crippen LogP contribution in [0, 0.1) is 6.92 Å². The number of benzene rings is 2. The van der Waals surface area contributed by atoms with Crippen LogP contribution in [0.25, 0.3) is 0 Å². The third-order valence-electron chi connectivity index (χ3n) is 4.74. The number of nitrogens with one attached hydrogen (secondary N) is 2. The fourth-order valence-electron chi connectivity index (χ4n) is 3.24. The Hall–Kier alpha value is -1.89. The van der Waals surface area contributed by atoms with E-state index in [1.165, 1.54) is 5.56 Å². The van der Waals surface area contributed by atoms with Gasteiger partial charge < -0.3 is 5.32 Å². The van der Waals surface area contributed by atoms with Gasteiger partial charge in [0.05, 0.1) is 4.90 Å². The average molecular weight is 407 g/mol. The zero-order chi connectivity index (χ0) is 19.4. The molecule has 0 aliphatic heterocycles. The number of hydrogen-bond acceptors (Lipinski definition) is 3. The fraction of sp³-hybridized carbons (Fsp3) is 0.350. The molecule has 0 unspecified atom stereocenters. The summed E-state index contributed by atoms with van der Waals surface area (Å²) in [6.45, 7) is 1.89. The number of anilines is 1. The molecule has 27 heavy (non-hydrogen) atoms. The third kappa shape index (κ3) is 5.09. The molecule has 5 nitrogen and oxygen atoms in total. The Bertz CT molecular complexity index is 958. The van der Waals surface area contributed by atoms with Crippen molar-refractivity contribution in [2.24, 2.45) is 0 Å². The Morgan fingerprint density at radius 3 is 2.56 bits per heavy atom. The SMILES string of the molecule is Cc1cc(Cl)ccc1NC(=O)CCNS(=O)(=O)c1ccc2c(c1)CCCC2. The van der Waals surface area contributed by atoms with E-state index in [-0.39, 0.29) is 23.8 Å². The van der Waals surface area contributed by atoms with Crippen molar-refractivity contribution in [3.8, 4) is 0 Å². The van der Waals surface area contributed by atoms with Gasteiger partial charge in [0, 0.05) is 23.7 Å². The van der Waals surface area contributed by atoms with E-state index >= 15 is 0 Å². The molecule has 0 saturated carbocycles. The van der Waals surface area contributed by atoms with Crippen molar-refractivity contribution >= 4 is 33.2 Å². The molecular weight excluding hydrogens is 384 g/mol. The van der Waals surface area contributed by atoms with E-state index in [4.69, 9.17) is 11.6 Å². The molecule has 1 aliphatic carbocycles. The number of rotatable bonds is 6. The first kappa shape index (κ1) is 19.9. The lowest BCUT2D eigenvalue weighted by atomic mass is 9.92. The molecule has 0 spiro atoms. The molecule has 144 valence electrons. The lowest BCUT2D eigenvalue weighted by Gasteiger charge is -2.16. The predicted molar refractivity (Wildman–Crippen MR) is 108 cm³/mol. The van der Waals surface area contributed by atoms with Gasteiger partial charge in [-0.05, 0) is 79.6 Å². The smallest absolute Gasteiger partial charge is 0.240 e. The second-order valence-corrected chi connectivity index (χ2v) is 9.00. The number of fused-ring (bicyclic) bond motifs is 1. The molecule has 7 heteroatoms. The van der Waals surface area contributed by atoms with Gasteiger partial charge in [-0.1, -0.05) is 17.7 Å². The minimum atomic E-state index is -3.62. The second kappa shape index (κ2) is 8.42. The van der Waals surface area contributed by atoms with Crippen molar-refractivity contribution in [3.05, 3.63) is 58.1 Å². The molecule has 0 bridgehead atoms. The minimum absolute atomic E-state index is 0.0396. The molecule has 2 N–H and O–H groups in total. The Labute approximate surface area is 165 Å². The number of carbonyl (C=O) groups excluding carboxylic acids is 1. The van der Waals surface area contributed by atoms with Crippen LogP contribution in [0.3, 0.4) is 0 Å². The van der Waals surface area contributed by atoms with Gasteiger partial charge in [-0.2, -0.15) is 0 Å². The van der Waals surface area contributed by atoms with Gasteiger partial charge in [-0.3, -0.25) is 4.79 Å². The van der Waals surface area contributed by atoms with Crippen LogP contribution >= 0.6 is 11.6 Å². The van der Waals surface area contributed by atoms with Crippen LogP contribution in [-0.4, -0.2) is 20.9 Å². The summed E-state index contributed by atoms with van der Waals surface area (Å²) < 4.78 is 27.5. The zero-order valence-corrected chi connectivity index (χ0v) is 16.8. The first-order valence-corrected chi connectivity index (χ1v) is 10.9. The van der Waals surface area contributed by atoms with Crippen molar-refractivity contribution < 1.29 is 13.2 Å². The maximum atomic E-state index is 12.5. The number of halogens is 1. The maximum absolute atomic E-state index is 12.5. The van der Waals surface area contributed by atoms with Gasteiger partial charge in [-0.25, -0.2) is 13.1 Å². The number of sulfonamides is 1. The standard InChI is InChI=1S/C20H23ClN2O3S/c1-14-12-17(21)7-9-19(14)23-20(24)10-11-22-27(25,26)18-8-6-15-4-2-3-5-16(15)13-18/h6-9,12-13,22H,2-5,10-11H2,1H3,(H,23,24). The topological polar surface area (TPSA) is 75.3 Å². The third-order valence-corrected chi connectivity index (χ3v) is 6.43. The predicted octanol–water partition coefficient (Wildman–Crippen LogP) is 3.83. The highest BCUT2D eigenvalue weighted by Gasteiger charge is 2.18. The van der Waals surface area contributed by atoms with Gasteiger partial charge in [-0.15, -0.1) is 0 Å². The number of aryl methyl sites for hydroxylation is 3. The van der Waals surface area contributed by atoms with E-state index in [0.717, 1.165) is 36.8 Å². The lowest BCUT2D eigenvalue weighted by molar-refractivity contribution is -0.116. The summed E-state index contributed by atoms with van der Waals surface area (Å²) >= 11 is 5.90. The Balaban J connectivity index is 1.56. The Morgan fingerprint density at radius 2 is 1.81 bits per heavy atom. The van der Waals surface area contributed by atoms with Crippen molar-refractivity contribution in [1.82, 2.24) is 4.72 Å². The first-order chi connectivity index (χ1) is 12.8. The van der Waals surface area contributed by atoms with Gasteiger partial charge in [0.25, 0.3) is 0 Å². The van der Waals surface area contributed by atoms with Crippen LogP contribution in [-0.2, 0) is 27.7 Å². The van der Waals surface area contributed by atoms with Crippen molar-refractivity contribution in [2.75, 3.05) is 11.9 Å². The zero-order valence-electron chi connectivity index (χ0n) is 15.2.